The highest BCUT2D eigenvalue weighted by Crippen LogP contribution is 2.30. The Kier molecular flexibility index (Phi) is 5.51. The zero-order valence-electron chi connectivity index (χ0n) is 15.1. The minimum atomic E-state index is -0.704. The largest absolute Gasteiger partial charge is 0.502 e. The summed E-state index contributed by atoms with van der Waals surface area (Å²) in [6.07, 6.45) is 0. The molecular formula is C21H20ClNO4. The topological polar surface area (TPSA) is 66.8 Å². The third-order valence-corrected chi connectivity index (χ3v) is 4.38. The van der Waals surface area contributed by atoms with Gasteiger partial charge < -0.3 is 9.84 Å². The van der Waals surface area contributed by atoms with E-state index >= 15 is 0 Å². The molecule has 6 heteroatoms. The molecule has 1 aliphatic heterocycles. The van der Waals surface area contributed by atoms with E-state index in [4.69, 9.17) is 16.3 Å². The second-order valence-corrected chi connectivity index (χ2v) is 7.21. The summed E-state index contributed by atoms with van der Waals surface area (Å²) in [4.78, 5) is 26.1. The van der Waals surface area contributed by atoms with E-state index in [0.717, 1.165) is 10.5 Å². The fourth-order valence-corrected chi connectivity index (χ4v) is 2.85. The summed E-state index contributed by atoms with van der Waals surface area (Å²) < 4.78 is 5.62. The van der Waals surface area contributed by atoms with Gasteiger partial charge in [-0.05, 0) is 41.3 Å². The highest BCUT2D eigenvalue weighted by Gasteiger charge is 2.39. The predicted molar refractivity (Wildman–Crippen MR) is 103 cm³/mol. The summed E-state index contributed by atoms with van der Waals surface area (Å²) in [7, 11) is 0. The van der Waals surface area contributed by atoms with Crippen LogP contribution in [-0.2, 0) is 16.1 Å². The van der Waals surface area contributed by atoms with E-state index in [2.05, 4.69) is 13.8 Å². The van der Waals surface area contributed by atoms with Gasteiger partial charge in [-0.3, -0.25) is 14.5 Å². The third-order valence-electron chi connectivity index (χ3n) is 4.12. The average molecular weight is 386 g/mol. The number of hydrogen-bond donors (Lipinski definition) is 1. The Morgan fingerprint density at radius 1 is 1.00 bits per heavy atom. The molecule has 2 aromatic carbocycles. The van der Waals surface area contributed by atoms with E-state index in [1.165, 1.54) is 0 Å². The van der Waals surface area contributed by atoms with Crippen molar-refractivity contribution in [1.29, 1.82) is 0 Å². The molecule has 5 nitrogen and oxygen atoms in total. The number of nitrogens with zero attached hydrogens (tertiary/aromatic N) is 1. The van der Waals surface area contributed by atoms with E-state index in [1.54, 1.807) is 48.5 Å². The number of carbonyl (C=O) groups excluding carboxylic acids is 2. The highest BCUT2D eigenvalue weighted by atomic mass is 35.5. The minimum Gasteiger partial charge on any atom is -0.502 e. The summed E-state index contributed by atoms with van der Waals surface area (Å²) in [6, 6.07) is 13.6. The Balaban J connectivity index is 1.78. The molecular weight excluding hydrogens is 366 g/mol. The molecule has 0 fully saturated rings. The Morgan fingerprint density at radius 3 is 2.22 bits per heavy atom. The standard InChI is InChI=1S/C21H20ClNO4/c1-13(2)12-27-17-9-5-15(6-10-17)18-19(24)21(26)23(20(18)25)11-14-3-7-16(22)8-4-14/h3-10,13,24H,11-12H2,1-2H3. The fraction of sp³-hybridized carbons (Fsp3) is 0.238. The average Bonchev–Trinajstić information content (AvgIpc) is 2.86. The molecule has 0 saturated heterocycles. The maximum Gasteiger partial charge on any atom is 0.296 e. The van der Waals surface area contributed by atoms with E-state index in [1.807, 2.05) is 0 Å². The van der Waals surface area contributed by atoms with Gasteiger partial charge in [0.2, 0.25) is 0 Å². The molecule has 0 spiro atoms. The lowest BCUT2D eigenvalue weighted by atomic mass is 10.1. The van der Waals surface area contributed by atoms with Gasteiger partial charge in [-0.15, -0.1) is 0 Å². The van der Waals surface area contributed by atoms with Crippen LogP contribution in [0, 0.1) is 5.92 Å². The summed E-state index contributed by atoms with van der Waals surface area (Å²) in [5, 5.41) is 10.8. The Morgan fingerprint density at radius 2 is 1.63 bits per heavy atom. The van der Waals surface area contributed by atoms with Gasteiger partial charge in [0.1, 0.15) is 5.75 Å². The number of amides is 2. The van der Waals surface area contributed by atoms with Crippen molar-refractivity contribution in [1.82, 2.24) is 4.90 Å². The Hall–Kier alpha value is -2.79. The monoisotopic (exact) mass is 385 g/mol. The van der Waals surface area contributed by atoms with Gasteiger partial charge in [-0.2, -0.15) is 0 Å². The minimum absolute atomic E-state index is 0.00405. The third kappa shape index (κ3) is 4.14. The molecule has 0 atom stereocenters. The molecule has 0 unspecified atom stereocenters. The van der Waals surface area contributed by atoms with Crippen LogP contribution >= 0.6 is 11.6 Å². The second-order valence-electron chi connectivity index (χ2n) is 6.78. The van der Waals surface area contributed by atoms with Crippen molar-refractivity contribution in [3.63, 3.8) is 0 Å². The number of carbonyl (C=O) groups is 2. The SMILES string of the molecule is CC(C)COc1ccc(C2=C(O)C(=O)N(Cc3ccc(Cl)cc3)C2=O)cc1. The molecule has 3 rings (SSSR count). The highest BCUT2D eigenvalue weighted by molar-refractivity contribution is 6.34. The number of ether oxygens (including phenoxy) is 1. The smallest absolute Gasteiger partial charge is 0.296 e. The Labute approximate surface area is 162 Å². The molecule has 0 aromatic heterocycles. The number of halogens is 1. The lowest BCUT2D eigenvalue weighted by molar-refractivity contribution is -0.138. The van der Waals surface area contributed by atoms with Gasteiger partial charge in [-0.1, -0.05) is 49.7 Å². The van der Waals surface area contributed by atoms with Gasteiger partial charge in [0, 0.05) is 5.02 Å². The van der Waals surface area contributed by atoms with Crippen LogP contribution in [0.25, 0.3) is 5.57 Å². The molecule has 0 bridgehead atoms. The van der Waals surface area contributed by atoms with Crippen LogP contribution in [0.1, 0.15) is 25.0 Å². The first-order chi connectivity index (χ1) is 12.9. The molecule has 1 heterocycles. The van der Waals surface area contributed by atoms with Gasteiger partial charge >= 0.3 is 0 Å². The van der Waals surface area contributed by atoms with Crippen LogP contribution in [0.15, 0.2) is 54.3 Å². The van der Waals surface area contributed by atoms with Gasteiger partial charge in [0.15, 0.2) is 5.76 Å². The molecule has 1 aliphatic rings. The van der Waals surface area contributed by atoms with E-state index < -0.39 is 17.6 Å². The van der Waals surface area contributed by atoms with Crippen LogP contribution < -0.4 is 4.74 Å². The summed E-state index contributed by atoms with van der Waals surface area (Å²) in [6.45, 7) is 4.75. The van der Waals surface area contributed by atoms with Crippen molar-refractivity contribution < 1.29 is 19.4 Å². The van der Waals surface area contributed by atoms with Crippen LogP contribution in [0.5, 0.6) is 5.75 Å². The second kappa shape index (κ2) is 7.84. The summed E-state index contributed by atoms with van der Waals surface area (Å²) >= 11 is 5.86. The maximum absolute atomic E-state index is 12.7. The van der Waals surface area contributed by atoms with Crippen molar-refractivity contribution >= 4 is 29.0 Å². The van der Waals surface area contributed by atoms with Crippen LogP contribution in [-0.4, -0.2) is 28.4 Å². The molecule has 140 valence electrons. The van der Waals surface area contributed by atoms with Crippen LogP contribution in [0.2, 0.25) is 5.02 Å². The quantitative estimate of drug-likeness (QED) is 0.756. The van der Waals surface area contributed by atoms with Crippen molar-refractivity contribution in [2.24, 2.45) is 5.92 Å². The molecule has 2 aromatic rings. The van der Waals surface area contributed by atoms with E-state index in [9.17, 15) is 14.7 Å². The number of hydrogen-bond acceptors (Lipinski definition) is 4. The first-order valence-corrected chi connectivity index (χ1v) is 9.01. The molecule has 0 aliphatic carbocycles. The number of rotatable bonds is 6. The van der Waals surface area contributed by atoms with Crippen LogP contribution in [0.3, 0.4) is 0 Å². The molecule has 0 radical (unpaired) electrons. The van der Waals surface area contributed by atoms with Crippen molar-refractivity contribution in [3.05, 3.63) is 70.4 Å². The zero-order valence-corrected chi connectivity index (χ0v) is 15.9. The van der Waals surface area contributed by atoms with Gasteiger partial charge in [0.25, 0.3) is 11.8 Å². The first kappa shape index (κ1) is 19.0. The van der Waals surface area contributed by atoms with Crippen molar-refractivity contribution in [2.75, 3.05) is 6.61 Å². The Bertz CT molecular complexity index is 885. The van der Waals surface area contributed by atoms with Crippen molar-refractivity contribution in [2.45, 2.75) is 20.4 Å². The lowest BCUT2D eigenvalue weighted by Gasteiger charge is -2.14. The fourth-order valence-electron chi connectivity index (χ4n) is 2.72. The molecule has 27 heavy (non-hydrogen) atoms. The van der Waals surface area contributed by atoms with Crippen LogP contribution in [0.4, 0.5) is 0 Å². The number of benzene rings is 2. The number of imide groups is 1. The van der Waals surface area contributed by atoms with E-state index in [0.29, 0.717) is 28.9 Å². The lowest BCUT2D eigenvalue weighted by Crippen LogP contribution is -2.31. The maximum atomic E-state index is 12.7. The first-order valence-electron chi connectivity index (χ1n) is 8.64. The van der Waals surface area contributed by atoms with E-state index in [-0.39, 0.29) is 12.1 Å². The van der Waals surface area contributed by atoms with Crippen molar-refractivity contribution in [3.8, 4) is 5.75 Å². The number of aliphatic hydroxyl groups is 1. The zero-order chi connectivity index (χ0) is 19.6. The molecule has 2 amide bonds. The molecule has 1 N–H and O–H groups in total. The normalized spacial score (nSPS) is 14.4. The summed E-state index contributed by atoms with van der Waals surface area (Å²) in [5.41, 5.74) is 1.22. The predicted octanol–water partition coefficient (Wildman–Crippen LogP) is 4.21. The number of aliphatic hydroxyl groups excluding tert-OH is 1. The van der Waals surface area contributed by atoms with Gasteiger partial charge in [0.05, 0.1) is 18.7 Å². The molecule has 0 saturated carbocycles. The summed E-state index contributed by atoms with van der Waals surface area (Å²) in [5.74, 6) is -0.701. The van der Waals surface area contributed by atoms with Gasteiger partial charge in [-0.25, -0.2) is 0 Å².